The monoisotopic (exact) mass is 286 g/mol. The van der Waals surface area contributed by atoms with Crippen LogP contribution in [0.3, 0.4) is 0 Å². The first kappa shape index (κ1) is 19.1. The molecule has 0 aromatic rings. The third kappa shape index (κ3) is 9.98. The Balaban J connectivity index is 3.85. The highest BCUT2D eigenvalue weighted by Gasteiger charge is 2.20. The van der Waals surface area contributed by atoms with Crippen molar-refractivity contribution >= 4 is 5.97 Å². The van der Waals surface area contributed by atoms with Crippen molar-refractivity contribution in [3.05, 3.63) is 12.2 Å². The van der Waals surface area contributed by atoms with Gasteiger partial charge in [-0.2, -0.15) is 0 Å². The molecule has 0 N–H and O–H groups in total. The summed E-state index contributed by atoms with van der Waals surface area (Å²) in [4.78, 5) is 11.3. The Morgan fingerprint density at radius 3 is 2.05 bits per heavy atom. The SMILES string of the molecule is C=C(C)C(=O)OC(C)COCC(C)(C)COCC(C)C. The van der Waals surface area contributed by atoms with Crippen LogP contribution in [0.15, 0.2) is 12.2 Å². The van der Waals surface area contributed by atoms with E-state index in [4.69, 9.17) is 14.2 Å². The Morgan fingerprint density at radius 2 is 1.60 bits per heavy atom. The van der Waals surface area contributed by atoms with E-state index in [2.05, 4.69) is 34.3 Å². The summed E-state index contributed by atoms with van der Waals surface area (Å²) in [6.07, 6.45) is -0.272. The number of carbonyl (C=O) groups is 1. The molecule has 0 saturated heterocycles. The highest BCUT2D eigenvalue weighted by molar-refractivity contribution is 5.87. The Hall–Kier alpha value is -0.870. The van der Waals surface area contributed by atoms with Crippen LogP contribution in [0, 0.1) is 11.3 Å². The molecule has 1 atom stereocenters. The topological polar surface area (TPSA) is 44.8 Å². The molecule has 0 bridgehead atoms. The largest absolute Gasteiger partial charge is 0.457 e. The molecule has 0 aromatic heterocycles. The minimum atomic E-state index is -0.374. The molecule has 0 fully saturated rings. The van der Waals surface area contributed by atoms with Crippen LogP contribution >= 0.6 is 0 Å². The van der Waals surface area contributed by atoms with Gasteiger partial charge in [-0.1, -0.05) is 34.3 Å². The lowest BCUT2D eigenvalue weighted by Gasteiger charge is -2.25. The molecule has 118 valence electrons. The number of rotatable bonds is 10. The molecule has 0 aliphatic heterocycles. The molecule has 0 heterocycles. The summed E-state index contributed by atoms with van der Waals surface area (Å²) in [7, 11) is 0. The van der Waals surface area contributed by atoms with Crippen molar-refractivity contribution in [3.8, 4) is 0 Å². The first-order chi connectivity index (χ1) is 9.14. The van der Waals surface area contributed by atoms with Crippen LogP contribution in [0.25, 0.3) is 0 Å². The zero-order valence-corrected chi connectivity index (χ0v) is 13.8. The zero-order valence-electron chi connectivity index (χ0n) is 13.8. The molecule has 4 heteroatoms. The number of esters is 1. The van der Waals surface area contributed by atoms with E-state index in [9.17, 15) is 4.79 Å². The number of ether oxygens (including phenoxy) is 3. The van der Waals surface area contributed by atoms with Gasteiger partial charge in [-0.15, -0.1) is 0 Å². The maximum Gasteiger partial charge on any atom is 0.333 e. The summed E-state index contributed by atoms with van der Waals surface area (Å²) in [5.74, 6) is 0.161. The lowest BCUT2D eigenvalue weighted by Crippen LogP contribution is -2.29. The summed E-state index contributed by atoms with van der Waals surface area (Å²) < 4.78 is 16.4. The summed E-state index contributed by atoms with van der Waals surface area (Å²) in [6, 6.07) is 0. The molecule has 0 radical (unpaired) electrons. The van der Waals surface area contributed by atoms with E-state index in [1.807, 2.05) is 6.92 Å². The minimum absolute atomic E-state index is 0.0486. The second-order valence-corrected chi connectivity index (χ2v) is 6.58. The van der Waals surface area contributed by atoms with Crippen LogP contribution < -0.4 is 0 Å². The highest BCUT2D eigenvalue weighted by atomic mass is 16.6. The van der Waals surface area contributed by atoms with Crippen LogP contribution in [0.5, 0.6) is 0 Å². The fourth-order valence-corrected chi connectivity index (χ4v) is 1.43. The van der Waals surface area contributed by atoms with Gasteiger partial charge < -0.3 is 14.2 Å². The van der Waals surface area contributed by atoms with Crippen LogP contribution in [-0.4, -0.2) is 38.5 Å². The van der Waals surface area contributed by atoms with E-state index in [1.54, 1.807) is 6.92 Å². The van der Waals surface area contributed by atoms with Crippen molar-refractivity contribution in [2.75, 3.05) is 26.4 Å². The van der Waals surface area contributed by atoms with Gasteiger partial charge in [-0.05, 0) is 19.8 Å². The van der Waals surface area contributed by atoms with E-state index >= 15 is 0 Å². The molecule has 0 aromatic carbocycles. The maximum absolute atomic E-state index is 11.3. The number of hydrogen-bond acceptors (Lipinski definition) is 4. The zero-order chi connectivity index (χ0) is 15.8. The van der Waals surface area contributed by atoms with Gasteiger partial charge in [-0.3, -0.25) is 0 Å². The minimum Gasteiger partial charge on any atom is -0.457 e. The lowest BCUT2D eigenvalue weighted by molar-refractivity contribution is -0.147. The average Bonchev–Trinajstić information content (AvgIpc) is 2.27. The lowest BCUT2D eigenvalue weighted by atomic mass is 9.96. The normalized spacial score (nSPS) is 13.3. The average molecular weight is 286 g/mol. The molecule has 1 unspecified atom stereocenters. The Bertz CT molecular complexity index is 308. The van der Waals surface area contributed by atoms with Gasteiger partial charge >= 0.3 is 5.97 Å². The summed E-state index contributed by atoms with van der Waals surface area (Å²) in [5, 5.41) is 0. The summed E-state index contributed by atoms with van der Waals surface area (Å²) >= 11 is 0. The number of hydrogen-bond donors (Lipinski definition) is 0. The molecule has 0 rings (SSSR count). The van der Waals surface area contributed by atoms with Crippen molar-refractivity contribution in [1.29, 1.82) is 0 Å². The van der Waals surface area contributed by atoms with E-state index in [1.165, 1.54) is 0 Å². The van der Waals surface area contributed by atoms with Crippen LogP contribution in [-0.2, 0) is 19.0 Å². The fourth-order valence-electron chi connectivity index (χ4n) is 1.43. The Kier molecular flexibility index (Phi) is 8.74. The fraction of sp³-hybridized carbons (Fsp3) is 0.812. The first-order valence-electron chi connectivity index (χ1n) is 7.16. The van der Waals surface area contributed by atoms with Gasteiger partial charge in [0.05, 0.1) is 19.8 Å². The third-order valence-corrected chi connectivity index (χ3v) is 2.45. The van der Waals surface area contributed by atoms with Gasteiger partial charge in [0.15, 0.2) is 0 Å². The smallest absolute Gasteiger partial charge is 0.333 e. The van der Waals surface area contributed by atoms with Crippen molar-refractivity contribution in [2.24, 2.45) is 11.3 Å². The Labute approximate surface area is 123 Å². The molecule has 20 heavy (non-hydrogen) atoms. The van der Waals surface area contributed by atoms with Gasteiger partial charge in [-0.25, -0.2) is 4.79 Å². The van der Waals surface area contributed by atoms with E-state index < -0.39 is 0 Å². The van der Waals surface area contributed by atoms with Crippen molar-refractivity contribution in [3.63, 3.8) is 0 Å². The van der Waals surface area contributed by atoms with E-state index in [0.29, 0.717) is 31.3 Å². The predicted octanol–water partition coefficient (Wildman–Crippen LogP) is 3.21. The summed E-state index contributed by atoms with van der Waals surface area (Å²) in [5.41, 5.74) is 0.353. The van der Waals surface area contributed by atoms with Crippen molar-refractivity contribution in [1.82, 2.24) is 0 Å². The molecule has 0 aliphatic carbocycles. The second kappa shape index (κ2) is 9.14. The predicted molar refractivity (Wildman–Crippen MR) is 80.6 cm³/mol. The van der Waals surface area contributed by atoms with E-state index in [-0.39, 0.29) is 17.5 Å². The summed E-state index contributed by atoms with van der Waals surface area (Å²) in [6.45, 7) is 17.8. The van der Waals surface area contributed by atoms with Gasteiger partial charge in [0.25, 0.3) is 0 Å². The van der Waals surface area contributed by atoms with Crippen LogP contribution in [0.4, 0.5) is 0 Å². The molecule has 0 amide bonds. The molecular formula is C16H30O4. The van der Waals surface area contributed by atoms with Gasteiger partial charge in [0, 0.05) is 17.6 Å². The standard InChI is InChI=1S/C16H30O4/c1-12(2)8-18-10-16(6,7)11-19-9-14(5)20-15(17)13(3)4/h12,14H,3,8-11H2,1-2,4-7H3. The van der Waals surface area contributed by atoms with Crippen molar-refractivity contribution < 1.29 is 19.0 Å². The molecule has 4 nitrogen and oxygen atoms in total. The highest BCUT2D eigenvalue weighted by Crippen LogP contribution is 2.16. The van der Waals surface area contributed by atoms with Crippen LogP contribution in [0.2, 0.25) is 0 Å². The molecular weight excluding hydrogens is 256 g/mol. The Morgan fingerprint density at radius 1 is 1.10 bits per heavy atom. The quantitative estimate of drug-likeness (QED) is 0.457. The van der Waals surface area contributed by atoms with Gasteiger partial charge in [0.2, 0.25) is 0 Å². The van der Waals surface area contributed by atoms with E-state index in [0.717, 1.165) is 6.61 Å². The first-order valence-corrected chi connectivity index (χ1v) is 7.16. The molecule has 0 saturated carbocycles. The van der Waals surface area contributed by atoms with Crippen LogP contribution in [0.1, 0.15) is 41.5 Å². The van der Waals surface area contributed by atoms with Crippen molar-refractivity contribution in [2.45, 2.75) is 47.6 Å². The maximum atomic E-state index is 11.3. The third-order valence-electron chi connectivity index (χ3n) is 2.45. The van der Waals surface area contributed by atoms with Gasteiger partial charge in [0.1, 0.15) is 6.10 Å². The second-order valence-electron chi connectivity index (χ2n) is 6.58. The molecule has 0 aliphatic rings. The number of carbonyl (C=O) groups excluding carboxylic acids is 1. The molecule has 0 spiro atoms.